The summed E-state index contributed by atoms with van der Waals surface area (Å²) >= 11 is 1.21. The molecule has 0 radical (unpaired) electrons. The molecule has 1 aliphatic rings. The van der Waals surface area contributed by atoms with Crippen LogP contribution in [0.1, 0.15) is 19.4 Å². The maximum absolute atomic E-state index is 12.4. The fourth-order valence-corrected chi connectivity index (χ4v) is 3.34. The van der Waals surface area contributed by atoms with Crippen molar-refractivity contribution in [3.63, 3.8) is 0 Å². The Bertz CT molecular complexity index is 822. The van der Waals surface area contributed by atoms with Crippen molar-refractivity contribution in [3.05, 3.63) is 47.0 Å². The Morgan fingerprint density at radius 3 is 2.71 bits per heavy atom. The number of thioether (sulfide) groups is 1. The molecule has 1 amide bonds. The predicted octanol–water partition coefficient (Wildman–Crippen LogP) is 1.01. The van der Waals surface area contributed by atoms with Crippen LogP contribution in [0.3, 0.4) is 0 Å². The molecule has 24 heavy (non-hydrogen) atoms. The van der Waals surface area contributed by atoms with E-state index in [-0.39, 0.29) is 10.7 Å². The lowest BCUT2D eigenvalue weighted by atomic mass is 10.2. The highest BCUT2D eigenvalue weighted by Gasteiger charge is 2.29. The summed E-state index contributed by atoms with van der Waals surface area (Å²) in [5, 5.41) is 6.94. The van der Waals surface area contributed by atoms with Gasteiger partial charge >= 0.3 is 0 Å². The van der Waals surface area contributed by atoms with E-state index in [1.54, 1.807) is 37.5 Å². The molecule has 2 atom stereocenters. The lowest BCUT2D eigenvalue weighted by molar-refractivity contribution is -0.127. The summed E-state index contributed by atoms with van der Waals surface area (Å²) in [6.07, 6.45) is 3.87. The Morgan fingerprint density at radius 1 is 1.29 bits per heavy atom. The molecule has 0 spiro atoms. The second-order valence-corrected chi connectivity index (χ2v) is 6.53. The molecule has 1 aliphatic heterocycles. The third-order valence-corrected chi connectivity index (χ3v) is 4.81. The van der Waals surface area contributed by atoms with Crippen molar-refractivity contribution in [2.24, 2.45) is 0 Å². The van der Waals surface area contributed by atoms with Gasteiger partial charge in [0.15, 0.2) is 0 Å². The minimum Gasteiger partial charge on any atom is -0.343 e. The second-order valence-electron chi connectivity index (χ2n) is 5.43. The van der Waals surface area contributed by atoms with Crippen LogP contribution in [0.2, 0.25) is 0 Å². The first-order valence-corrected chi connectivity index (χ1v) is 8.52. The smallest absolute Gasteiger partial charge is 0.267 e. The van der Waals surface area contributed by atoms with Crippen LogP contribution in [0.25, 0.3) is 11.3 Å². The highest BCUT2D eigenvalue weighted by Crippen LogP contribution is 2.20. The molecular weight excluding hydrogens is 328 g/mol. The Hall–Kier alpha value is -2.48. The van der Waals surface area contributed by atoms with Crippen LogP contribution in [0.4, 0.5) is 0 Å². The third-order valence-electron chi connectivity index (χ3n) is 3.80. The van der Waals surface area contributed by atoms with E-state index in [2.05, 4.69) is 15.4 Å². The average molecular weight is 344 g/mol. The lowest BCUT2D eigenvalue weighted by Crippen LogP contribution is -2.43. The first-order valence-electron chi connectivity index (χ1n) is 7.53. The molecule has 1 fully saturated rings. The van der Waals surface area contributed by atoms with Crippen LogP contribution < -0.4 is 10.9 Å². The predicted molar refractivity (Wildman–Crippen MR) is 90.5 cm³/mol. The molecule has 0 aliphatic carbocycles. The molecule has 2 unspecified atom stereocenters. The molecule has 7 nitrogen and oxygen atoms in total. The van der Waals surface area contributed by atoms with Gasteiger partial charge in [-0.15, -0.1) is 0 Å². The summed E-state index contributed by atoms with van der Waals surface area (Å²) in [5.41, 5.74) is 1.00. The van der Waals surface area contributed by atoms with Crippen LogP contribution in [-0.2, 0) is 9.59 Å². The SMILES string of the molecule is CC(C(=O)NC1CCSC1=O)n1nc(-c2ccncc2)ccc1=O. The van der Waals surface area contributed by atoms with Gasteiger partial charge in [-0.05, 0) is 31.5 Å². The van der Waals surface area contributed by atoms with E-state index in [1.807, 2.05) is 0 Å². The van der Waals surface area contributed by atoms with Crippen molar-refractivity contribution < 1.29 is 9.59 Å². The highest BCUT2D eigenvalue weighted by molar-refractivity contribution is 8.14. The van der Waals surface area contributed by atoms with E-state index in [0.717, 1.165) is 10.2 Å². The van der Waals surface area contributed by atoms with Crippen LogP contribution in [0.5, 0.6) is 0 Å². The molecule has 0 bridgehead atoms. The molecule has 0 saturated carbocycles. The normalized spacial score (nSPS) is 18.4. The van der Waals surface area contributed by atoms with E-state index < -0.39 is 18.0 Å². The van der Waals surface area contributed by atoms with E-state index in [1.165, 1.54) is 17.8 Å². The maximum atomic E-state index is 12.4. The molecule has 3 rings (SSSR count). The fourth-order valence-electron chi connectivity index (χ4n) is 2.41. The number of hydrogen-bond acceptors (Lipinski definition) is 6. The van der Waals surface area contributed by atoms with Gasteiger partial charge in [0.25, 0.3) is 5.56 Å². The van der Waals surface area contributed by atoms with Gasteiger partial charge in [0.2, 0.25) is 11.0 Å². The van der Waals surface area contributed by atoms with Gasteiger partial charge in [-0.1, -0.05) is 11.8 Å². The molecule has 124 valence electrons. The van der Waals surface area contributed by atoms with Gasteiger partial charge in [-0.2, -0.15) is 5.10 Å². The number of aromatic nitrogens is 3. The van der Waals surface area contributed by atoms with Gasteiger partial charge in [-0.3, -0.25) is 19.4 Å². The van der Waals surface area contributed by atoms with Crippen molar-refractivity contribution in [3.8, 4) is 11.3 Å². The Morgan fingerprint density at radius 2 is 2.04 bits per heavy atom. The van der Waals surface area contributed by atoms with Crippen molar-refractivity contribution in [1.82, 2.24) is 20.1 Å². The van der Waals surface area contributed by atoms with Gasteiger partial charge in [0.1, 0.15) is 6.04 Å². The number of rotatable bonds is 4. The summed E-state index contributed by atoms with van der Waals surface area (Å²) in [4.78, 5) is 40.0. The van der Waals surface area contributed by atoms with Gasteiger partial charge in [-0.25, -0.2) is 4.68 Å². The topological polar surface area (TPSA) is 93.9 Å². The number of nitrogens with zero attached hydrogens (tertiary/aromatic N) is 3. The lowest BCUT2D eigenvalue weighted by Gasteiger charge is -2.17. The molecule has 2 aromatic heterocycles. The zero-order chi connectivity index (χ0) is 17.1. The number of pyridine rings is 1. The summed E-state index contributed by atoms with van der Waals surface area (Å²) in [6.45, 7) is 1.59. The van der Waals surface area contributed by atoms with E-state index >= 15 is 0 Å². The van der Waals surface area contributed by atoms with E-state index in [4.69, 9.17) is 0 Å². The van der Waals surface area contributed by atoms with Crippen LogP contribution >= 0.6 is 11.8 Å². The Kier molecular flexibility index (Phi) is 4.75. The molecule has 3 heterocycles. The number of nitrogens with one attached hydrogen (secondary N) is 1. The van der Waals surface area contributed by atoms with Crippen molar-refractivity contribution in [2.45, 2.75) is 25.4 Å². The molecule has 2 aromatic rings. The van der Waals surface area contributed by atoms with Crippen molar-refractivity contribution in [1.29, 1.82) is 0 Å². The first kappa shape index (κ1) is 16.4. The Labute approximate surface area is 142 Å². The fraction of sp³-hybridized carbons (Fsp3) is 0.312. The zero-order valence-corrected chi connectivity index (χ0v) is 13.8. The summed E-state index contributed by atoms with van der Waals surface area (Å²) in [7, 11) is 0. The first-order chi connectivity index (χ1) is 11.6. The summed E-state index contributed by atoms with van der Waals surface area (Å²) in [6, 6.07) is 5.24. The molecule has 1 N–H and O–H groups in total. The standard InChI is InChI=1S/C16H16N4O3S/c1-10(15(22)18-13-6-9-24-16(13)23)20-14(21)3-2-12(19-20)11-4-7-17-8-5-11/h2-5,7-8,10,13H,6,9H2,1H3,(H,18,22). The van der Waals surface area contributed by atoms with E-state index in [9.17, 15) is 14.4 Å². The minimum absolute atomic E-state index is 0.0404. The summed E-state index contributed by atoms with van der Waals surface area (Å²) < 4.78 is 1.14. The maximum Gasteiger partial charge on any atom is 0.267 e. The number of hydrogen-bond donors (Lipinski definition) is 1. The van der Waals surface area contributed by atoms with Crippen LogP contribution in [-0.4, -0.2) is 37.6 Å². The Balaban J connectivity index is 1.84. The zero-order valence-electron chi connectivity index (χ0n) is 13.0. The van der Waals surface area contributed by atoms with Gasteiger partial charge in [0.05, 0.1) is 11.7 Å². The monoisotopic (exact) mass is 344 g/mol. The highest BCUT2D eigenvalue weighted by atomic mass is 32.2. The average Bonchev–Trinajstić information content (AvgIpc) is 3.00. The second kappa shape index (κ2) is 6.96. The number of carbonyl (C=O) groups excluding carboxylic acids is 2. The quantitative estimate of drug-likeness (QED) is 0.890. The summed E-state index contributed by atoms with van der Waals surface area (Å²) in [5.74, 6) is 0.311. The number of amides is 1. The van der Waals surface area contributed by atoms with E-state index in [0.29, 0.717) is 17.9 Å². The number of carbonyl (C=O) groups is 2. The third kappa shape index (κ3) is 3.38. The van der Waals surface area contributed by atoms with Crippen molar-refractivity contribution >= 4 is 22.8 Å². The van der Waals surface area contributed by atoms with Gasteiger partial charge < -0.3 is 5.32 Å². The van der Waals surface area contributed by atoms with Crippen LogP contribution in [0.15, 0.2) is 41.5 Å². The van der Waals surface area contributed by atoms with Crippen molar-refractivity contribution in [2.75, 3.05) is 5.75 Å². The van der Waals surface area contributed by atoms with Gasteiger partial charge in [0, 0.05) is 29.8 Å². The molecule has 1 saturated heterocycles. The van der Waals surface area contributed by atoms with Crippen LogP contribution in [0, 0.1) is 0 Å². The largest absolute Gasteiger partial charge is 0.343 e. The minimum atomic E-state index is -0.808. The molecule has 8 heteroatoms. The molecule has 0 aromatic carbocycles. The molecular formula is C16H16N4O3S.